The van der Waals surface area contributed by atoms with E-state index >= 15 is 0 Å². The lowest BCUT2D eigenvalue weighted by Crippen LogP contribution is -2.02. The minimum Gasteiger partial charge on any atom is -0.120 e. The third-order valence-electron chi connectivity index (χ3n) is 3.00. The van der Waals surface area contributed by atoms with Gasteiger partial charge in [0.25, 0.3) is 0 Å². The molecule has 0 fully saturated rings. The van der Waals surface area contributed by atoms with Crippen LogP contribution in [0.4, 0.5) is 0 Å². The zero-order valence-corrected chi connectivity index (χ0v) is 10.2. The summed E-state index contributed by atoms with van der Waals surface area (Å²) in [7, 11) is 0. The molecule has 0 saturated heterocycles. The highest BCUT2D eigenvalue weighted by atomic mass is 14.2. The van der Waals surface area contributed by atoms with E-state index in [1.165, 1.54) is 22.3 Å². The van der Waals surface area contributed by atoms with Crippen LogP contribution in [-0.4, -0.2) is 0 Å². The van der Waals surface area contributed by atoms with Crippen molar-refractivity contribution in [2.45, 2.75) is 46.5 Å². The molecule has 0 aliphatic heterocycles. The normalized spacial score (nSPS) is 12.2. The second kappa shape index (κ2) is 5.03. The Bertz CT molecular complexity index is 357. The summed E-state index contributed by atoms with van der Waals surface area (Å²) in [5, 5.41) is 0. The van der Waals surface area contributed by atoms with E-state index in [-0.39, 0.29) is 0 Å². The third-order valence-corrected chi connectivity index (χ3v) is 3.00. The Morgan fingerprint density at radius 1 is 1.20 bits per heavy atom. The van der Waals surface area contributed by atoms with Gasteiger partial charge in [-0.25, -0.2) is 0 Å². The van der Waals surface area contributed by atoms with E-state index in [1.54, 1.807) is 0 Å². The van der Waals surface area contributed by atoms with Gasteiger partial charge in [0.1, 0.15) is 0 Å². The molecule has 1 aromatic rings. The summed E-state index contributed by atoms with van der Waals surface area (Å²) in [6, 6.07) is 4.50. The van der Waals surface area contributed by atoms with Crippen molar-refractivity contribution in [3.8, 4) is 12.3 Å². The lowest BCUT2D eigenvalue weighted by Gasteiger charge is -2.19. The molecule has 0 saturated carbocycles. The molecule has 1 unspecified atom stereocenters. The summed E-state index contributed by atoms with van der Waals surface area (Å²) in [5.41, 5.74) is 5.56. The molecular formula is C15H20. The van der Waals surface area contributed by atoms with E-state index < -0.39 is 0 Å². The molecule has 0 bridgehead atoms. The number of rotatable bonds is 3. The maximum atomic E-state index is 5.42. The average Bonchev–Trinajstić information content (AvgIpc) is 2.14. The maximum Gasteiger partial charge on any atom is 0.0155 e. The van der Waals surface area contributed by atoms with Crippen LogP contribution >= 0.6 is 0 Å². The van der Waals surface area contributed by atoms with Crippen molar-refractivity contribution in [1.29, 1.82) is 0 Å². The summed E-state index contributed by atoms with van der Waals surface area (Å²) in [5.74, 6) is 3.31. The van der Waals surface area contributed by atoms with Gasteiger partial charge in [0, 0.05) is 6.42 Å². The zero-order valence-electron chi connectivity index (χ0n) is 10.2. The topological polar surface area (TPSA) is 0 Å². The highest BCUT2D eigenvalue weighted by molar-refractivity contribution is 5.40. The highest BCUT2D eigenvalue weighted by Gasteiger charge is 2.13. The van der Waals surface area contributed by atoms with Gasteiger partial charge in [-0.2, -0.15) is 0 Å². The number of hydrogen-bond donors (Lipinski definition) is 0. The van der Waals surface area contributed by atoms with Crippen molar-refractivity contribution >= 4 is 0 Å². The van der Waals surface area contributed by atoms with Crippen LogP contribution in [0.15, 0.2) is 12.1 Å². The van der Waals surface area contributed by atoms with Gasteiger partial charge in [0.15, 0.2) is 0 Å². The van der Waals surface area contributed by atoms with Crippen molar-refractivity contribution in [1.82, 2.24) is 0 Å². The SMILES string of the molecule is C#CCC(CC)c1c(C)cc(C)cc1C. The van der Waals surface area contributed by atoms with Crippen LogP contribution in [-0.2, 0) is 0 Å². The molecule has 15 heavy (non-hydrogen) atoms. The first-order valence-electron chi connectivity index (χ1n) is 5.61. The molecule has 0 amide bonds. The Labute approximate surface area is 93.7 Å². The second-order valence-corrected chi connectivity index (χ2v) is 4.33. The molecular weight excluding hydrogens is 180 g/mol. The fourth-order valence-electron chi connectivity index (χ4n) is 2.43. The van der Waals surface area contributed by atoms with Crippen molar-refractivity contribution in [3.05, 3.63) is 34.4 Å². The highest BCUT2D eigenvalue weighted by Crippen LogP contribution is 2.29. The number of benzene rings is 1. The molecule has 0 heteroatoms. The average molecular weight is 200 g/mol. The van der Waals surface area contributed by atoms with Crippen LogP contribution in [0, 0.1) is 33.1 Å². The monoisotopic (exact) mass is 200 g/mol. The van der Waals surface area contributed by atoms with Gasteiger partial charge in [-0.05, 0) is 49.8 Å². The Hall–Kier alpha value is -1.22. The Balaban J connectivity index is 3.18. The van der Waals surface area contributed by atoms with Crippen LogP contribution in [0.25, 0.3) is 0 Å². The van der Waals surface area contributed by atoms with E-state index in [0.29, 0.717) is 5.92 Å². The summed E-state index contributed by atoms with van der Waals surface area (Å²) in [4.78, 5) is 0. The lowest BCUT2D eigenvalue weighted by molar-refractivity contribution is 0.675. The van der Waals surface area contributed by atoms with Crippen molar-refractivity contribution in [2.75, 3.05) is 0 Å². The smallest absolute Gasteiger partial charge is 0.0155 e. The van der Waals surface area contributed by atoms with Gasteiger partial charge >= 0.3 is 0 Å². The molecule has 1 aromatic carbocycles. The van der Waals surface area contributed by atoms with Crippen LogP contribution in [0.2, 0.25) is 0 Å². The standard InChI is InChI=1S/C15H20/c1-6-8-14(7-2)15-12(4)9-11(3)10-13(15)5/h1,9-10,14H,7-8H2,2-5H3. The summed E-state index contributed by atoms with van der Waals surface area (Å²) in [6.45, 7) is 8.73. The number of hydrogen-bond acceptors (Lipinski definition) is 0. The lowest BCUT2D eigenvalue weighted by atomic mass is 9.86. The summed E-state index contributed by atoms with van der Waals surface area (Å²) in [6.07, 6.45) is 7.39. The minimum absolute atomic E-state index is 0.524. The van der Waals surface area contributed by atoms with E-state index in [9.17, 15) is 0 Å². The quantitative estimate of drug-likeness (QED) is 0.644. The van der Waals surface area contributed by atoms with E-state index in [0.717, 1.165) is 12.8 Å². The van der Waals surface area contributed by atoms with Gasteiger partial charge in [0.2, 0.25) is 0 Å². The number of aryl methyl sites for hydroxylation is 3. The minimum atomic E-state index is 0.524. The molecule has 0 heterocycles. The van der Waals surface area contributed by atoms with Crippen molar-refractivity contribution in [2.24, 2.45) is 0 Å². The molecule has 0 aliphatic carbocycles. The van der Waals surface area contributed by atoms with Crippen molar-refractivity contribution in [3.63, 3.8) is 0 Å². The van der Waals surface area contributed by atoms with Crippen LogP contribution in [0.1, 0.15) is 47.9 Å². The first-order chi connectivity index (χ1) is 7.10. The summed E-state index contributed by atoms with van der Waals surface area (Å²) < 4.78 is 0. The van der Waals surface area contributed by atoms with Crippen LogP contribution in [0.5, 0.6) is 0 Å². The first kappa shape index (κ1) is 11.9. The van der Waals surface area contributed by atoms with Crippen molar-refractivity contribution < 1.29 is 0 Å². The Morgan fingerprint density at radius 3 is 2.13 bits per heavy atom. The molecule has 1 atom stereocenters. The van der Waals surface area contributed by atoms with E-state index in [2.05, 4.69) is 45.7 Å². The second-order valence-electron chi connectivity index (χ2n) is 4.33. The molecule has 80 valence electrons. The first-order valence-corrected chi connectivity index (χ1v) is 5.61. The molecule has 0 aromatic heterocycles. The molecule has 0 radical (unpaired) electrons. The van der Waals surface area contributed by atoms with Gasteiger partial charge in [-0.3, -0.25) is 0 Å². The van der Waals surface area contributed by atoms with Crippen LogP contribution < -0.4 is 0 Å². The van der Waals surface area contributed by atoms with E-state index in [4.69, 9.17) is 6.42 Å². The van der Waals surface area contributed by atoms with Gasteiger partial charge in [-0.1, -0.05) is 24.6 Å². The number of terminal acetylenes is 1. The van der Waals surface area contributed by atoms with Gasteiger partial charge in [-0.15, -0.1) is 12.3 Å². The fraction of sp³-hybridized carbons (Fsp3) is 0.467. The maximum absolute atomic E-state index is 5.42. The molecule has 0 N–H and O–H groups in total. The Kier molecular flexibility index (Phi) is 3.97. The summed E-state index contributed by atoms with van der Waals surface area (Å²) >= 11 is 0. The van der Waals surface area contributed by atoms with Gasteiger partial charge in [0.05, 0.1) is 0 Å². The predicted octanol–water partition coefficient (Wildman–Crippen LogP) is 4.13. The van der Waals surface area contributed by atoms with Gasteiger partial charge < -0.3 is 0 Å². The molecule has 1 rings (SSSR count). The fourth-order valence-corrected chi connectivity index (χ4v) is 2.43. The zero-order chi connectivity index (χ0) is 11.4. The molecule has 0 nitrogen and oxygen atoms in total. The largest absolute Gasteiger partial charge is 0.120 e. The van der Waals surface area contributed by atoms with E-state index in [1.807, 2.05) is 0 Å². The molecule has 0 aliphatic rings. The molecule has 0 spiro atoms. The van der Waals surface area contributed by atoms with Crippen LogP contribution in [0.3, 0.4) is 0 Å². The predicted molar refractivity (Wildman–Crippen MR) is 67.1 cm³/mol. The third kappa shape index (κ3) is 2.63. The Morgan fingerprint density at radius 2 is 1.73 bits per heavy atom.